The Morgan fingerprint density at radius 3 is 2.12 bits per heavy atom. The quantitative estimate of drug-likeness (QED) is 0.153. The summed E-state index contributed by atoms with van der Waals surface area (Å²) < 4.78 is 8.97. The maximum Gasteiger partial charge on any atom is 0.227 e. The van der Waals surface area contributed by atoms with Gasteiger partial charge >= 0.3 is 0 Å². The van der Waals surface area contributed by atoms with Gasteiger partial charge in [-0.2, -0.15) is 0 Å². The lowest BCUT2D eigenvalue weighted by Gasteiger charge is -2.22. The molecule has 2 aliphatic carbocycles. The second-order valence-electron chi connectivity index (χ2n) is 15.2. The number of allylic oxidation sites excluding steroid dienone is 5. The van der Waals surface area contributed by atoms with Gasteiger partial charge in [-0.25, -0.2) is 19.9 Å². The fraction of sp³-hybridized carbons (Fsp3) is 0.0784. The number of aromatic nitrogens is 5. The van der Waals surface area contributed by atoms with Crippen molar-refractivity contribution in [3.63, 3.8) is 0 Å². The molecular formula is C51H35N5O. The fourth-order valence-corrected chi connectivity index (χ4v) is 8.68. The summed E-state index contributed by atoms with van der Waals surface area (Å²) in [7, 11) is 0. The first-order valence-electron chi connectivity index (χ1n) is 19.2. The Morgan fingerprint density at radius 2 is 1.40 bits per heavy atom. The highest BCUT2D eigenvalue weighted by atomic mass is 16.3. The van der Waals surface area contributed by atoms with E-state index in [-0.39, 0.29) is 5.41 Å². The first-order valence-corrected chi connectivity index (χ1v) is 19.2. The molecule has 0 radical (unpaired) electrons. The Kier molecular flexibility index (Phi) is 7.12. The van der Waals surface area contributed by atoms with Gasteiger partial charge in [0.25, 0.3) is 0 Å². The van der Waals surface area contributed by atoms with Crippen LogP contribution in [0.25, 0.3) is 95.2 Å². The van der Waals surface area contributed by atoms with Gasteiger partial charge in [-0.15, -0.1) is 0 Å². The van der Waals surface area contributed by atoms with E-state index in [1.165, 1.54) is 16.7 Å². The van der Waals surface area contributed by atoms with Crippen LogP contribution in [-0.4, -0.2) is 24.5 Å². The van der Waals surface area contributed by atoms with Crippen molar-refractivity contribution in [3.05, 3.63) is 180 Å². The molecule has 3 heterocycles. The minimum absolute atomic E-state index is 0.269. The highest BCUT2D eigenvalue weighted by Crippen LogP contribution is 2.52. The number of nitrogens with zero attached hydrogens (tertiary/aromatic N) is 5. The average molecular weight is 734 g/mol. The van der Waals surface area contributed by atoms with Crippen LogP contribution < -0.4 is 10.4 Å². The van der Waals surface area contributed by atoms with Crippen molar-refractivity contribution < 1.29 is 4.42 Å². The molecule has 0 fully saturated rings. The SMILES string of the molecule is C=C/C=C(\C=C/C)c1nc2ccc3c(c2o1)-c1ccc(-n2c4ccccc4c4cc(-c5nc(-c6ccccc6)nc(-c6ccccc6)n5)c5c(c42)=C=5)cc1C3(C)C. The number of fused-ring (bicyclic) bond motifs is 10. The molecule has 0 amide bonds. The van der Waals surface area contributed by atoms with Crippen LogP contribution in [0.15, 0.2) is 157 Å². The van der Waals surface area contributed by atoms with E-state index in [1.54, 1.807) is 6.08 Å². The molecule has 0 aliphatic heterocycles. The Balaban J connectivity index is 1.09. The van der Waals surface area contributed by atoms with E-state index in [4.69, 9.17) is 24.4 Å². The molecule has 0 atom stereocenters. The van der Waals surface area contributed by atoms with Crippen molar-refractivity contribution in [1.82, 2.24) is 24.5 Å². The topological polar surface area (TPSA) is 69.6 Å². The summed E-state index contributed by atoms with van der Waals surface area (Å²) in [6.45, 7) is 10.5. The molecule has 2 aliphatic rings. The Labute approximate surface area is 328 Å². The summed E-state index contributed by atoms with van der Waals surface area (Å²) in [4.78, 5) is 20.0. The zero-order valence-corrected chi connectivity index (χ0v) is 31.7. The predicted molar refractivity (Wildman–Crippen MR) is 230 cm³/mol. The lowest BCUT2D eigenvalue weighted by Crippen LogP contribution is -2.17. The number of para-hydroxylation sites is 1. The number of oxazole rings is 1. The van der Waals surface area contributed by atoms with Crippen molar-refractivity contribution in [1.29, 1.82) is 0 Å². The van der Waals surface area contributed by atoms with Gasteiger partial charge in [-0.05, 0) is 53.9 Å². The van der Waals surface area contributed by atoms with Crippen molar-refractivity contribution in [2.24, 2.45) is 0 Å². The summed E-state index contributed by atoms with van der Waals surface area (Å²) in [5.41, 5.74) is 16.9. The summed E-state index contributed by atoms with van der Waals surface area (Å²) >= 11 is 0. The number of rotatable bonds is 7. The van der Waals surface area contributed by atoms with E-state index in [1.807, 2.05) is 85.8 Å². The van der Waals surface area contributed by atoms with Crippen LogP contribution in [0.2, 0.25) is 0 Å². The van der Waals surface area contributed by atoms with Crippen molar-refractivity contribution in [2.45, 2.75) is 26.2 Å². The van der Waals surface area contributed by atoms with E-state index in [2.05, 4.69) is 91.4 Å². The molecule has 0 spiro atoms. The smallest absolute Gasteiger partial charge is 0.227 e. The van der Waals surface area contributed by atoms with Gasteiger partial charge in [-0.1, -0.05) is 141 Å². The van der Waals surface area contributed by atoms with E-state index < -0.39 is 0 Å². The van der Waals surface area contributed by atoms with E-state index in [0.717, 1.165) is 76.9 Å². The van der Waals surface area contributed by atoms with Crippen LogP contribution in [0, 0.1) is 0 Å². The molecule has 0 N–H and O–H groups in total. The van der Waals surface area contributed by atoms with Gasteiger partial charge in [0.1, 0.15) is 5.52 Å². The molecule has 6 aromatic carbocycles. The lowest BCUT2D eigenvalue weighted by atomic mass is 9.82. The maximum absolute atomic E-state index is 6.58. The second-order valence-corrected chi connectivity index (χ2v) is 15.2. The van der Waals surface area contributed by atoms with E-state index in [9.17, 15) is 0 Å². The predicted octanol–water partition coefficient (Wildman–Crippen LogP) is 10.6. The van der Waals surface area contributed by atoms with E-state index >= 15 is 0 Å². The largest absolute Gasteiger partial charge is 0.435 e. The van der Waals surface area contributed by atoms with Gasteiger partial charge in [0.2, 0.25) is 5.89 Å². The number of hydrogen-bond acceptors (Lipinski definition) is 5. The minimum atomic E-state index is -0.269. The van der Waals surface area contributed by atoms with E-state index in [0.29, 0.717) is 23.4 Å². The van der Waals surface area contributed by atoms with Gasteiger partial charge in [0, 0.05) is 54.9 Å². The van der Waals surface area contributed by atoms with Crippen LogP contribution in [0.5, 0.6) is 0 Å². The van der Waals surface area contributed by atoms with Crippen molar-refractivity contribution >= 4 is 44.2 Å². The summed E-state index contributed by atoms with van der Waals surface area (Å²) in [5.74, 6) is 2.51. The zero-order chi connectivity index (χ0) is 38.4. The molecule has 6 heteroatoms. The average Bonchev–Trinajstić information content (AvgIpc) is 3.73. The minimum Gasteiger partial charge on any atom is -0.435 e. The van der Waals surface area contributed by atoms with Gasteiger partial charge in [-0.3, -0.25) is 0 Å². The molecule has 0 bridgehead atoms. The number of benzene rings is 6. The molecule has 57 heavy (non-hydrogen) atoms. The van der Waals surface area contributed by atoms with Crippen molar-refractivity contribution in [2.75, 3.05) is 0 Å². The lowest BCUT2D eigenvalue weighted by molar-refractivity contribution is 0.585. The Bertz CT molecular complexity index is 3320. The molecule has 11 rings (SSSR count). The monoisotopic (exact) mass is 733 g/mol. The first-order chi connectivity index (χ1) is 27.9. The molecule has 6 nitrogen and oxygen atoms in total. The van der Waals surface area contributed by atoms with Crippen LogP contribution in [0.4, 0.5) is 0 Å². The Hall–Kier alpha value is -7.40. The fourth-order valence-electron chi connectivity index (χ4n) is 8.68. The second kappa shape index (κ2) is 12.3. The molecule has 3 aromatic heterocycles. The Morgan fingerprint density at radius 1 is 0.702 bits per heavy atom. The van der Waals surface area contributed by atoms with Crippen LogP contribution in [0.3, 0.4) is 0 Å². The third-order valence-electron chi connectivity index (χ3n) is 11.4. The summed E-state index contributed by atoms with van der Waals surface area (Å²) in [6, 6.07) is 42.3. The summed E-state index contributed by atoms with van der Waals surface area (Å²) in [5, 5.41) is 4.42. The van der Waals surface area contributed by atoms with Crippen LogP contribution in [-0.2, 0) is 5.41 Å². The molecule has 0 unspecified atom stereocenters. The number of hydrogen-bond donors (Lipinski definition) is 0. The van der Waals surface area contributed by atoms with Gasteiger partial charge in [0.05, 0.1) is 16.3 Å². The summed E-state index contributed by atoms with van der Waals surface area (Å²) in [6.07, 6.45) is 7.68. The third kappa shape index (κ3) is 4.98. The molecule has 270 valence electrons. The highest BCUT2D eigenvalue weighted by Gasteiger charge is 2.38. The standard InChI is InChI=1S/C51H35N5O/c1-5-15-32(16-6-2)50-52-42-26-25-40-44(46(42)57-50)35-24-23-33(27-41(35)51(40,3)4)56-43-22-14-13-21-34(43)37-29-39(36-28-38(36)45(37)56)49-54-47(30-17-9-7-10-18-30)53-48(55-49)31-19-11-8-12-20-31/h5-27,29H,1H2,2-4H3/b16-6-,32-15+. The van der Waals surface area contributed by atoms with Crippen molar-refractivity contribution in [3.8, 4) is 51.0 Å². The van der Waals surface area contributed by atoms with Crippen LogP contribution in [0.1, 0.15) is 37.8 Å². The highest BCUT2D eigenvalue weighted by molar-refractivity contribution is 6.11. The molecule has 0 saturated heterocycles. The molecule has 0 saturated carbocycles. The normalized spacial score (nSPS) is 13.8. The zero-order valence-electron chi connectivity index (χ0n) is 31.7. The molecular weight excluding hydrogens is 699 g/mol. The third-order valence-corrected chi connectivity index (χ3v) is 11.4. The van der Waals surface area contributed by atoms with Crippen LogP contribution >= 0.6 is 0 Å². The molecule has 9 aromatic rings. The van der Waals surface area contributed by atoms with Gasteiger partial charge < -0.3 is 8.98 Å². The van der Waals surface area contributed by atoms with Gasteiger partial charge in [0.15, 0.2) is 23.1 Å². The first kappa shape index (κ1) is 33.0. The maximum atomic E-state index is 6.58.